The zero-order valence-corrected chi connectivity index (χ0v) is 16.9. The maximum atomic E-state index is 12.9. The molecule has 0 bridgehead atoms. The number of ether oxygens (including phenoxy) is 2. The minimum atomic E-state index is -0.330. The summed E-state index contributed by atoms with van der Waals surface area (Å²) in [4.78, 5) is 28.7. The Morgan fingerprint density at radius 2 is 1.97 bits per heavy atom. The number of hydrogen-bond acceptors (Lipinski definition) is 6. The summed E-state index contributed by atoms with van der Waals surface area (Å²) in [5, 5.41) is 3.28. The molecule has 0 saturated carbocycles. The highest BCUT2D eigenvalue weighted by atomic mass is 32.1. The van der Waals surface area contributed by atoms with E-state index in [9.17, 15) is 9.59 Å². The summed E-state index contributed by atoms with van der Waals surface area (Å²) in [6.07, 6.45) is 0.923. The van der Waals surface area contributed by atoms with Crippen LogP contribution in [0.25, 0.3) is 16.6 Å². The maximum absolute atomic E-state index is 12.9. The highest BCUT2D eigenvalue weighted by Gasteiger charge is 2.21. The highest BCUT2D eigenvalue weighted by molar-refractivity contribution is 7.73. The first-order valence-electron chi connectivity index (χ1n) is 8.96. The van der Waals surface area contributed by atoms with E-state index >= 15 is 0 Å². The van der Waals surface area contributed by atoms with Crippen LogP contribution in [0.4, 0.5) is 5.69 Å². The van der Waals surface area contributed by atoms with Crippen molar-refractivity contribution in [3.05, 3.63) is 61.1 Å². The number of aryl methyl sites for hydroxylation is 1. The van der Waals surface area contributed by atoms with Crippen LogP contribution in [-0.2, 0) is 6.42 Å². The SMILES string of the molecule is CCc1ccc(NC(=O)c2sc(=S)n3c2[nH]c(=O)c2cc4c(cc23)OCO4)cc1. The number of fused-ring (bicyclic) bond motifs is 4. The number of aromatic amines is 1. The lowest BCUT2D eigenvalue weighted by molar-refractivity contribution is 0.103. The Hall–Kier alpha value is -3.17. The monoisotopic (exact) mass is 425 g/mol. The molecule has 9 heteroatoms. The van der Waals surface area contributed by atoms with E-state index in [4.69, 9.17) is 21.7 Å². The van der Waals surface area contributed by atoms with Gasteiger partial charge in [-0.2, -0.15) is 0 Å². The quantitative estimate of drug-likeness (QED) is 0.483. The Kier molecular flexibility index (Phi) is 4.14. The molecule has 0 atom stereocenters. The molecule has 2 N–H and O–H groups in total. The second kappa shape index (κ2) is 6.71. The van der Waals surface area contributed by atoms with E-state index in [1.807, 2.05) is 24.3 Å². The third-order valence-electron chi connectivity index (χ3n) is 4.85. The number of H-pyrrole nitrogens is 1. The number of aromatic nitrogens is 2. The number of carbonyl (C=O) groups excluding carboxylic acids is 1. The molecular weight excluding hydrogens is 410 g/mol. The lowest BCUT2D eigenvalue weighted by Gasteiger charge is -2.06. The van der Waals surface area contributed by atoms with Crippen LogP contribution in [0, 0.1) is 3.95 Å². The average molecular weight is 425 g/mol. The second-order valence-corrected chi connectivity index (χ2v) is 8.21. The van der Waals surface area contributed by atoms with Crippen molar-refractivity contribution >= 4 is 51.7 Å². The second-order valence-electron chi connectivity index (χ2n) is 6.56. The molecule has 2 aromatic heterocycles. The van der Waals surface area contributed by atoms with Gasteiger partial charge >= 0.3 is 0 Å². The summed E-state index contributed by atoms with van der Waals surface area (Å²) in [5.74, 6) is 0.723. The molecule has 1 aliphatic heterocycles. The molecule has 1 amide bonds. The van der Waals surface area contributed by atoms with E-state index in [0.29, 0.717) is 42.6 Å². The molecular formula is C20H15N3O4S2. The summed E-state index contributed by atoms with van der Waals surface area (Å²) < 4.78 is 12.9. The number of rotatable bonds is 3. The summed E-state index contributed by atoms with van der Waals surface area (Å²) in [7, 11) is 0. The van der Waals surface area contributed by atoms with Crippen molar-refractivity contribution in [2.24, 2.45) is 0 Å². The van der Waals surface area contributed by atoms with Crippen LogP contribution in [0.2, 0.25) is 0 Å². The first kappa shape index (κ1) is 17.9. The average Bonchev–Trinajstić information content (AvgIpc) is 3.31. The van der Waals surface area contributed by atoms with Crippen LogP contribution < -0.4 is 20.3 Å². The van der Waals surface area contributed by atoms with Crippen molar-refractivity contribution in [3.63, 3.8) is 0 Å². The fourth-order valence-corrected chi connectivity index (χ4v) is 4.62. The fourth-order valence-electron chi connectivity index (χ4n) is 3.34. The van der Waals surface area contributed by atoms with Crippen molar-refractivity contribution in [1.82, 2.24) is 9.38 Å². The van der Waals surface area contributed by atoms with Gasteiger partial charge < -0.3 is 19.8 Å². The largest absolute Gasteiger partial charge is 0.454 e. The fraction of sp³-hybridized carbons (Fsp3) is 0.150. The molecule has 0 aliphatic carbocycles. The highest BCUT2D eigenvalue weighted by Crippen LogP contribution is 2.36. The van der Waals surface area contributed by atoms with Gasteiger partial charge in [0.05, 0.1) is 10.9 Å². The number of amides is 1. The predicted octanol–water partition coefficient (Wildman–Crippen LogP) is 4.12. The van der Waals surface area contributed by atoms with E-state index in [0.717, 1.165) is 17.8 Å². The number of carbonyl (C=O) groups is 1. The molecule has 146 valence electrons. The Morgan fingerprint density at radius 3 is 2.69 bits per heavy atom. The molecule has 1 aliphatic rings. The Bertz CT molecular complexity index is 1400. The van der Waals surface area contributed by atoms with Crippen LogP contribution in [0.3, 0.4) is 0 Å². The normalized spacial score (nSPS) is 12.6. The molecule has 0 spiro atoms. The van der Waals surface area contributed by atoms with Crippen molar-refractivity contribution in [2.45, 2.75) is 13.3 Å². The topological polar surface area (TPSA) is 84.8 Å². The number of anilines is 1. The Balaban J connectivity index is 1.64. The smallest absolute Gasteiger partial charge is 0.269 e. The number of benzene rings is 2. The van der Waals surface area contributed by atoms with Crippen molar-refractivity contribution in [1.29, 1.82) is 0 Å². The van der Waals surface area contributed by atoms with Crippen LogP contribution in [-0.4, -0.2) is 22.1 Å². The van der Waals surface area contributed by atoms with Crippen molar-refractivity contribution < 1.29 is 14.3 Å². The van der Waals surface area contributed by atoms with Gasteiger partial charge in [-0.15, -0.1) is 0 Å². The van der Waals surface area contributed by atoms with Gasteiger partial charge in [0.15, 0.2) is 15.5 Å². The summed E-state index contributed by atoms with van der Waals surface area (Å²) in [5.41, 5.74) is 2.46. The van der Waals surface area contributed by atoms with Crippen LogP contribution in [0.15, 0.2) is 41.2 Å². The molecule has 5 rings (SSSR count). The predicted molar refractivity (Wildman–Crippen MR) is 114 cm³/mol. The van der Waals surface area contributed by atoms with Gasteiger partial charge in [0, 0.05) is 11.8 Å². The van der Waals surface area contributed by atoms with E-state index in [-0.39, 0.29) is 18.3 Å². The number of thiazole rings is 1. The minimum absolute atomic E-state index is 0.103. The molecule has 0 fully saturated rings. The Morgan fingerprint density at radius 1 is 1.24 bits per heavy atom. The van der Waals surface area contributed by atoms with Crippen LogP contribution in [0.1, 0.15) is 22.2 Å². The molecule has 29 heavy (non-hydrogen) atoms. The van der Waals surface area contributed by atoms with Crippen LogP contribution in [0.5, 0.6) is 11.5 Å². The maximum Gasteiger partial charge on any atom is 0.269 e. The zero-order valence-electron chi connectivity index (χ0n) is 15.3. The molecule has 2 aromatic carbocycles. The van der Waals surface area contributed by atoms with Gasteiger partial charge in [-0.1, -0.05) is 30.4 Å². The van der Waals surface area contributed by atoms with Gasteiger partial charge in [-0.25, -0.2) is 0 Å². The molecule has 0 saturated heterocycles. The number of nitrogens with one attached hydrogen (secondary N) is 2. The van der Waals surface area contributed by atoms with Gasteiger partial charge in [0.2, 0.25) is 6.79 Å². The summed E-state index contributed by atoms with van der Waals surface area (Å²) in [6, 6.07) is 11.0. The molecule has 4 aromatic rings. The van der Waals surface area contributed by atoms with E-state index in [2.05, 4.69) is 17.2 Å². The number of nitrogens with zero attached hydrogens (tertiary/aromatic N) is 1. The third-order valence-corrected chi connectivity index (χ3v) is 6.22. The lowest BCUT2D eigenvalue weighted by Crippen LogP contribution is -2.15. The number of hydrogen-bond donors (Lipinski definition) is 2. The van der Waals surface area contributed by atoms with E-state index in [1.165, 1.54) is 5.56 Å². The minimum Gasteiger partial charge on any atom is -0.454 e. The Labute approximate surface area is 173 Å². The van der Waals surface area contributed by atoms with Crippen molar-refractivity contribution in [2.75, 3.05) is 12.1 Å². The summed E-state index contributed by atoms with van der Waals surface area (Å²) >= 11 is 6.64. The van der Waals surface area contributed by atoms with E-state index < -0.39 is 0 Å². The van der Waals surface area contributed by atoms with Crippen LogP contribution >= 0.6 is 23.6 Å². The van der Waals surface area contributed by atoms with Crippen molar-refractivity contribution in [3.8, 4) is 11.5 Å². The first-order chi connectivity index (χ1) is 14.0. The van der Waals surface area contributed by atoms with Gasteiger partial charge in [0.1, 0.15) is 10.5 Å². The molecule has 3 heterocycles. The first-order valence-corrected chi connectivity index (χ1v) is 10.2. The molecule has 7 nitrogen and oxygen atoms in total. The molecule has 0 unspecified atom stereocenters. The summed E-state index contributed by atoms with van der Waals surface area (Å²) in [6.45, 7) is 2.17. The van der Waals surface area contributed by atoms with E-state index in [1.54, 1.807) is 16.5 Å². The lowest BCUT2D eigenvalue weighted by atomic mass is 10.1. The molecule has 0 radical (unpaired) electrons. The van der Waals surface area contributed by atoms with Gasteiger partial charge in [-0.05, 0) is 42.4 Å². The van der Waals surface area contributed by atoms with Gasteiger partial charge in [0.25, 0.3) is 11.5 Å². The van der Waals surface area contributed by atoms with Gasteiger partial charge in [-0.3, -0.25) is 14.0 Å². The third kappa shape index (κ3) is 2.90. The standard InChI is InChI=1S/C20H15N3O4S2/c1-2-10-3-5-11(6-4-10)21-19(25)16-17-22-18(24)12-7-14-15(27-9-26-14)8-13(12)23(17)20(28)29-16/h3-8H,2,9H2,1H3,(H,21,25)(H,22,24). The zero-order chi connectivity index (χ0) is 20.1.